The lowest BCUT2D eigenvalue weighted by molar-refractivity contribution is 0.0735. The van der Waals surface area contributed by atoms with E-state index >= 15 is 0 Å². The first-order chi connectivity index (χ1) is 14.4. The molecule has 1 saturated heterocycles. The molecule has 1 aromatic heterocycles. The number of carbonyl (C=O) groups is 1. The number of hydrogen-bond donors (Lipinski definition) is 0. The van der Waals surface area contributed by atoms with Crippen molar-refractivity contribution in [1.82, 2.24) is 9.21 Å². The van der Waals surface area contributed by atoms with Gasteiger partial charge in [0.1, 0.15) is 10.7 Å². The molecular formula is C21H24ClN3O4S. The van der Waals surface area contributed by atoms with Crippen molar-refractivity contribution in [2.75, 3.05) is 19.6 Å². The summed E-state index contributed by atoms with van der Waals surface area (Å²) in [7, 11) is -3.80. The SMILES string of the molecule is N#CCCN(Cc1ccco1)C(=O)c1ccc(Cl)c(S(=O)(=O)N2CCCCCC2)c1. The van der Waals surface area contributed by atoms with Gasteiger partial charge in [-0.05, 0) is 43.2 Å². The van der Waals surface area contributed by atoms with E-state index in [1.807, 2.05) is 6.07 Å². The molecule has 2 heterocycles. The van der Waals surface area contributed by atoms with E-state index < -0.39 is 10.0 Å². The van der Waals surface area contributed by atoms with Crippen LogP contribution in [-0.2, 0) is 16.6 Å². The van der Waals surface area contributed by atoms with Crippen molar-refractivity contribution in [3.63, 3.8) is 0 Å². The molecule has 9 heteroatoms. The summed E-state index contributed by atoms with van der Waals surface area (Å²) in [5.41, 5.74) is 0.206. The van der Waals surface area contributed by atoms with E-state index in [4.69, 9.17) is 21.3 Å². The highest BCUT2D eigenvalue weighted by Crippen LogP contribution is 2.28. The number of rotatable bonds is 7. The first kappa shape index (κ1) is 22.3. The largest absolute Gasteiger partial charge is 0.467 e. The molecule has 0 radical (unpaired) electrons. The van der Waals surface area contributed by atoms with Crippen LogP contribution < -0.4 is 0 Å². The second kappa shape index (κ2) is 10.1. The standard InChI is InChI=1S/C21H24ClN3O4S/c22-19-9-8-17(15-20(19)30(27,28)25-12-3-1-2-4-13-25)21(26)24(11-6-10-23)16-18-7-5-14-29-18/h5,7-9,14-15H,1-4,6,11-13,16H2. The Morgan fingerprint density at radius 2 is 1.93 bits per heavy atom. The molecule has 0 bridgehead atoms. The molecular weight excluding hydrogens is 426 g/mol. The third kappa shape index (κ3) is 5.22. The highest BCUT2D eigenvalue weighted by molar-refractivity contribution is 7.89. The summed E-state index contributed by atoms with van der Waals surface area (Å²) in [6.07, 6.45) is 5.27. The maximum Gasteiger partial charge on any atom is 0.254 e. The quantitative estimate of drug-likeness (QED) is 0.635. The lowest BCUT2D eigenvalue weighted by atomic mass is 10.2. The molecule has 0 spiro atoms. The van der Waals surface area contributed by atoms with Crippen LogP contribution in [0.1, 0.15) is 48.2 Å². The second-order valence-electron chi connectivity index (χ2n) is 7.18. The van der Waals surface area contributed by atoms with Gasteiger partial charge in [0.05, 0.1) is 30.3 Å². The fourth-order valence-corrected chi connectivity index (χ4v) is 5.48. The van der Waals surface area contributed by atoms with Crippen LogP contribution in [0.5, 0.6) is 0 Å². The van der Waals surface area contributed by atoms with E-state index in [0.717, 1.165) is 25.7 Å². The molecule has 160 valence electrons. The Morgan fingerprint density at radius 3 is 2.57 bits per heavy atom. The molecule has 3 rings (SSSR count). The van der Waals surface area contributed by atoms with Gasteiger partial charge >= 0.3 is 0 Å². The van der Waals surface area contributed by atoms with Crippen LogP contribution in [0.4, 0.5) is 0 Å². The van der Waals surface area contributed by atoms with E-state index in [9.17, 15) is 13.2 Å². The van der Waals surface area contributed by atoms with Gasteiger partial charge in [-0.3, -0.25) is 4.79 Å². The maximum absolute atomic E-state index is 13.2. The van der Waals surface area contributed by atoms with Crippen molar-refractivity contribution in [1.29, 1.82) is 5.26 Å². The fourth-order valence-electron chi connectivity index (χ4n) is 3.47. The van der Waals surface area contributed by atoms with E-state index in [0.29, 0.717) is 18.8 Å². The Bertz CT molecular complexity index is 1010. The molecule has 7 nitrogen and oxygen atoms in total. The number of nitrogens with zero attached hydrogens (tertiary/aromatic N) is 3. The second-order valence-corrected chi connectivity index (χ2v) is 9.49. The Labute approximate surface area is 181 Å². The number of nitriles is 1. The molecule has 1 fully saturated rings. The zero-order chi connectivity index (χ0) is 21.6. The zero-order valence-corrected chi connectivity index (χ0v) is 18.2. The first-order valence-electron chi connectivity index (χ1n) is 9.92. The van der Waals surface area contributed by atoms with Gasteiger partial charge in [0, 0.05) is 25.2 Å². The Kier molecular flexibility index (Phi) is 7.53. The molecule has 30 heavy (non-hydrogen) atoms. The zero-order valence-electron chi connectivity index (χ0n) is 16.6. The Balaban J connectivity index is 1.90. The van der Waals surface area contributed by atoms with Gasteiger partial charge in [-0.2, -0.15) is 9.57 Å². The molecule has 0 N–H and O–H groups in total. The highest BCUT2D eigenvalue weighted by atomic mass is 35.5. The minimum Gasteiger partial charge on any atom is -0.467 e. The minimum atomic E-state index is -3.80. The molecule has 2 aromatic rings. The summed E-state index contributed by atoms with van der Waals surface area (Å²) < 4.78 is 33.2. The first-order valence-corrected chi connectivity index (χ1v) is 11.7. The van der Waals surface area contributed by atoms with Gasteiger partial charge in [-0.1, -0.05) is 24.4 Å². The number of benzene rings is 1. The molecule has 1 aliphatic rings. The average molecular weight is 450 g/mol. The van der Waals surface area contributed by atoms with Crippen molar-refractivity contribution in [2.24, 2.45) is 0 Å². The van der Waals surface area contributed by atoms with Gasteiger partial charge in [0.25, 0.3) is 5.91 Å². The topological polar surface area (TPSA) is 94.6 Å². The smallest absolute Gasteiger partial charge is 0.254 e. The number of halogens is 1. The molecule has 1 aliphatic heterocycles. The molecule has 1 amide bonds. The molecule has 0 atom stereocenters. The predicted octanol–water partition coefficient (Wildman–Crippen LogP) is 4.05. The third-order valence-corrected chi connectivity index (χ3v) is 7.45. The summed E-state index contributed by atoms with van der Waals surface area (Å²) in [5.74, 6) is 0.193. The number of hydrogen-bond acceptors (Lipinski definition) is 5. The van der Waals surface area contributed by atoms with Crippen molar-refractivity contribution in [2.45, 2.75) is 43.5 Å². The van der Waals surface area contributed by atoms with Gasteiger partial charge in [0.2, 0.25) is 10.0 Å². The molecule has 0 unspecified atom stereocenters. The van der Waals surface area contributed by atoms with Crippen LogP contribution in [0.15, 0.2) is 45.9 Å². The summed E-state index contributed by atoms with van der Waals surface area (Å²) in [6, 6.07) is 9.77. The van der Waals surface area contributed by atoms with Crippen molar-refractivity contribution < 1.29 is 17.6 Å². The number of carbonyl (C=O) groups excluding carboxylic acids is 1. The lowest BCUT2D eigenvalue weighted by Crippen LogP contribution is -2.33. The number of sulfonamides is 1. The van der Waals surface area contributed by atoms with E-state index in [1.165, 1.54) is 33.7 Å². The Morgan fingerprint density at radius 1 is 1.20 bits per heavy atom. The molecule has 0 aliphatic carbocycles. The minimum absolute atomic E-state index is 0.0600. The highest BCUT2D eigenvalue weighted by Gasteiger charge is 2.29. The number of amides is 1. The summed E-state index contributed by atoms with van der Waals surface area (Å²) >= 11 is 6.23. The van der Waals surface area contributed by atoms with Crippen LogP contribution in [-0.4, -0.2) is 43.2 Å². The van der Waals surface area contributed by atoms with Crippen LogP contribution in [0.25, 0.3) is 0 Å². The van der Waals surface area contributed by atoms with E-state index in [2.05, 4.69) is 0 Å². The van der Waals surface area contributed by atoms with Gasteiger partial charge < -0.3 is 9.32 Å². The normalized spacial score (nSPS) is 15.3. The van der Waals surface area contributed by atoms with Crippen molar-refractivity contribution in [3.8, 4) is 6.07 Å². The van der Waals surface area contributed by atoms with Gasteiger partial charge in [-0.25, -0.2) is 8.42 Å². The van der Waals surface area contributed by atoms with Gasteiger partial charge in [-0.15, -0.1) is 0 Å². The van der Waals surface area contributed by atoms with Crippen molar-refractivity contribution in [3.05, 3.63) is 52.9 Å². The monoisotopic (exact) mass is 449 g/mol. The van der Waals surface area contributed by atoms with Crippen LogP contribution >= 0.6 is 11.6 Å². The summed E-state index contributed by atoms with van der Waals surface area (Å²) in [4.78, 5) is 14.5. The molecule has 0 saturated carbocycles. The Hall–Kier alpha value is -2.34. The van der Waals surface area contributed by atoms with Crippen LogP contribution in [0, 0.1) is 11.3 Å². The van der Waals surface area contributed by atoms with E-state index in [1.54, 1.807) is 12.1 Å². The average Bonchev–Trinajstić information content (AvgIpc) is 3.09. The number of furan rings is 1. The predicted molar refractivity (Wildman–Crippen MR) is 112 cm³/mol. The lowest BCUT2D eigenvalue weighted by Gasteiger charge is -2.23. The maximum atomic E-state index is 13.2. The summed E-state index contributed by atoms with van der Waals surface area (Å²) in [5, 5.41) is 9.02. The van der Waals surface area contributed by atoms with E-state index in [-0.39, 0.29) is 40.9 Å². The van der Waals surface area contributed by atoms with Crippen molar-refractivity contribution >= 4 is 27.5 Å². The molecule has 1 aromatic carbocycles. The third-order valence-electron chi connectivity index (χ3n) is 5.07. The van der Waals surface area contributed by atoms with Gasteiger partial charge in [0.15, 0.2) is 0 Å². The van der Waals surface area contributed by atoms with Crippen LogP contribution in [0.2, 0.25) is 5.02 Å². The fraction of sp³-hybridized carbons (Fsp3) is 0.429. The van der Waals surface area contributed by atoms with Crippen LogP contribution in [0.3, 0.4) is 0 Å². The summed E-state index contributed by atoms with van der Waals surface area (Å²) in [6.45, 7) is 1.28.